The Bertz CT molecular complexity index is 820. The molecule has 0 radical (unpaired) electrons. The highest BCUT2D eigenvalue weighted by Gasteiger charge is 2.52. The molecule has 1 heterocycles. The number of phenols is 1. The SMILES string of the molecule is CCOc1ccc(Cc2ccc(O)c([C@]3(C)O[C@H](CO)[C@@H](O)[C@H](O)[C@H]3O)c2)cc1. The molecule has 0 aromatic heterocycles. The van der Waals surface area contributed by atoms with Crippen LogP contribution in [0.3, 0.4) is 0 Å². The van der Waals surface area contributed by atoms with Gasteiger partial charge < -0.3 is 35.0 Å². The fourth-order valence-corrected chi connectivity index (χ4v) is 3.75. The average molecular weight is 404 g/mol. The number of benzene rings is 2. The first kappa shape index (κ1) is 21.5. The molecule has 1 aliphatic heterocycles. The maximum absolute atomic E-state index is 10.6. The van der Waals surface area contributed by atoms with Crippen LogP contribution in [0.25, 0.3) is 0 Å². The van der Waals surface area contributed by atoms with E-state index in [1.54, 1.807) is 12.1 Å². The van der Waals surface area contributed by atoms with Crippen LogP contribution in [-0.4, -0.2) is 63.2 Å². The number of aliphatic hydroxyl groups is 4. The van der Waals surface area contributed by atoms with Gasteiger partial charge in [0.1, 0.15) is 41.5 Å². The number of aromatic hydroxyl groups is 1. The molecule has 0 aliphatic carbocycles. The van der Waals surface area contributed by atoms with Crippen LogP contribution in [0, 0.1) is 0 Å². The summed E-state index contributed by atoms with van der Waals surface area (Å²) in [5.74, 6) is 0.679. The number of rotatable bonds is 6. The van der Waals surface area contributed by atoms with E-state index in [2.05, 4.69) is 0 Å². The summed E-state index contributed by atoms with van der Waals surface area (Å²) in [5, 5.41) is 50.7. The smallest absolute Gasteiger partial charge is 0.123 e. The molecule has 0 spiro atoms. The molecule has 29 heavy (non-hydrogen) atoms. The summed E-state index contributed by atoms with van der Waals surface area (Å²) < 4.78 is 11.2. The molecule has 1 saturated heterocycles. The molecule has 0 amide bonds. The number of ether oxygens (including phenoxy) is 2. The topological polar surface area (TPSA) is 120 Å². The third-order valence-electron chi connectivity index (χ3n) is 5.43. The molecule has 7 nitrogen and oxygen atoms in total. The van der Waals surface area contributed by atoms with Crippen molar-refractivity contribution in [2.75, 3.05) is 13.2 Å². The molecule has 7 heteroatoms. The first-order valence-electron chi connectivity index (χ1n) is 9.67. The van der Waals surface area contributed by atoms with Crippen molar-refractivity contribution in [2.45, 2.75) is 50.3 Å². The molecule has 1 aliphatic rings. The predicted molar refractivity (Wildman–Crippen MR) is 106 cm³/mol. The van der Waals surface area contributed by atoms with E-state index >= 15 is 0 Å². The van der Waals surface area contributed by atoms with Crippen LogP contribution < -0.4 is 4.74 Å². The van der Waals surface area contributed by atoms with Crippen molar-refractivity contribution in [1.29, 1.82) is 0 Å². The Kier molecular flexibility index (Phi) is 6.45. The minimum absolute atomic E-state index is 0.109. The van der Waals surface area contributed by atoms with Crippen molar-refractivity contribution < 1.29 is 35.0 Å². The van der Waals surface area contributed by atoms with E-state index in [-0.39, 0.29) is 11.3 Å². The first-order chi connectivity index (χ1) is 13.8. The number of hydrogen-bond acceptors (Lipinski definition) is 7. The minimum Gasteiger partial charge on any atom is -0.508 e. The van der Waals surface area contributed by atoms with Crippen LogP contribution in [0.4, 0.5) is 0 Å². The molecule has 0 unspecified atom stereocenters. The highest BCUT2D eigenvalue weighted by atomic mass is 16.6. The van der Waals surface area contributed by atoms with Crippen LogP contribution in [-0.2, 0) is 16.8 Å². The number of hydrogen-bond donors (Lipinski definition) is 5. The van der Waals surface area contributed by atoms with Crippen molar-refractivity contribution in [3.63, 3.8) is 0 Å². The lowest BCUT2D eigenvalue weighted by atomic mass is 9.80. The normalized spacial score (nSPS) is 29.6. The zero-order valence-corrected chi connectivity index (χ0v) is 16.5. The fourth-order valence-electron chi connectivity index (χ4n) is 3.75. The summed E-state index contributed by atoms with van der Waals surface area (Å²) in [6, 6.07) is 12.7. The quantitative estimate of drug-likeness (QED) is 0.489. The number of aliphatic hydroxyl groups excluding tert-OH is 4. The monoisotopic (exact) mass is 404 g/mol. The maximum atomic E-state index is 10.6. The minimum atomic E-state index is -1.53. The van der Waals surface area contributed by atoms with E-state index in [1.165, 1.54) is 13.0 Å². The van der Waals surface area contributed by atoms with E-state index in [4.69, 9.17) is 9.47 Å². The van der Waals surface area contributed by atoms with Gasteiger partial charge in [0.15, 0.2) is 0 Å². The fraction of sp³-hybridized carbons (Fsp3) is 0.455. The van der Waals surface area contributed by atoms with Gasteiger partial charge in [-0.3, -0.25) is 0 Å². The predicted octanol–water partition coefficient (Wildman–Crippen LogP) is 1.07. The van der Waals surface area contributed by atoms with E-state index in [0.29, 0.717) is 13.0 Å². The molecular formula is C22H28O7. The lowest BCUT2D eigenvalue weighted by Gasteiger charge is -2.47. The van der Waals surface area contributed by atoms with Crippen molar-refractivity contribution in [1.82, 2.24) is 0 Å². The maximum Gasteiger partial charge on any atom is 0.123 e. The summed E-state index contributed by atoms with van der Waals surface area (Å²) in [4.78, 5) is 0. The largest absolute Gasteiger partial charge is 0.508 e. The molecule has 158 valence electrons. The van der Waals surface area contributed by atoms with Gasteiger partial charge in [0.2, 0.25) is 0 Å². The molecular weight excluding hydrogens is 376 g/mol. The van der Waals surface area contributed by atoms with E-state index < -0.39 is 36.6 Å². The van der Waals surface area contributed by atoms with Crippen LogP contribution in [0.1, 0.15) is 30.5 Å². The van der Waals surface area contributed by atoms with Crippen molar-refractivity contribution >= 4 is 0 Å². The molecule has 1 fully saturated rings. The van der Waals surface area contributed by atoms with Crippen molar-refractivity contribution in [3.8, 4) is 11.5 Å². The third-order valence-corrected chi connectivity index (χ3v) is 5.43. The molecule has 5 N–H and O–H groups in total. The lowest BCUT2D eigenvalue weighted by Crippen LogP contribution is -2.62. The Morgan fingerprint density at radius 2 is 1.66 bits per heavy atom. The number of phenolic OH excluding ortho intramolecular Hbond substituents is 1. The van der Waals surface area contributed by atoms with Crippen LogP contribution >= 0.6 is 0 Å². The Morgan fingerprint density at radius 1 is 1.00 bits per heavy atom. The van der Waals surface area contributed by atoms with E-state index in [0.717, 1.165) is 16.9 Å². The van der Waals surface area contributed by atoms with Gasteiger partial charge in [-0.2, -0.15) is 0 Å². The summed E-state index contributed by atoms with van der Waals surface area (Å²) >= 11 is 0. The Hall–Kier alpha value is -2.16. The summed E-state index contributed by atoms with van der Waals surface area (Å²) in [6.07, 6.45) is -4.97. The van der Waals surface area contributed by atoms with Gasteiger partial charge in [-0.05, 0) is 55.7 Å². The van der Waals surface area contributed by atoms with E-state index in [1.807, 2.05) is 31.2 Å². The summed E-state index contributed by atoms with van der Waals surface area (Å²) in [7, 11) is 0. The second-order valence-electron chi connectivity index (χ2n) is 7.48. The standard InChI is InChI=1S/C22H28O7/c1-3-28-15-7-4-13(5-8-15)10-14-6-9-17(24)16(11-14)22(2)21(27)20(26)19(25)18(12-23)29-22/h4-9,11,18-21,23-27H,3,10,12H2,1-2H3/t18-,19-,20+,21-,22+/m1/s1. The summed E-state index contributed by atoms with van der Waals surface area (Å²) in [5.41, 5.74) is 0.660. The zero-order chi connectivity index (χ0) is 21.2. The Morgan fingerprint density at radius 3 is 2.28 bits per heavy atom. The highest BCUT2D eigenvalue weighted by Crippen LogP contribution is 2.42. The van der Waals surface area contributed by atoms with Gasteiger partial charge in [-0.1, -0.05) is 18.2 Å². The second kappa shape index (κ2) is 8.69. The van der Waals surface area contributed by atoms with Crippen LogP contribution in [0.15, 0.2) is 42.5 Å². The van der Waals surface area contributed by atoms with Gasteiger partial charge in [0.05, 0.1) is 13.2 Å². The Labute approximate surface area is 169 Å². The van der Waals surface area contributed by atoms with Crippen LogP contribution in [0.2, 0.25) is 0 Å². The molecule has 2 aromatic carbocycles. The van der Waals surface area contributed by atoms with Gasteiger partial charge in [-0.25, -0.2) is 0 Å². The second-order valence-corrected chi connectivity index (χ2v) is 7.48. The summed E-state index contributed by atoms with van der Waals surface area (Å²) in [6.45, 7) is 3.50. The van der Waals surface area contributed by atoms with Gasteiger partial charge in [0, 0.05) is 5.56 Å². The average Bonchev–Trinajstić information content (AvgIpc) is 2.72. The molecule has 2 aromatic rings. The molecule has 3 rings (SSSR count). The molecule has 0 saturated carbocycles. The van der Waals surface area contributed by atoms with Crippen LogP contribution in [0.5, 0.6) is 11.5 Å². The highest BCUT2D eigenvalue weighted by molar-refractivity contribution is 5.43. The van der Waals surface area contributed by atoms with Gasteiger partial charge >= 0.3 is 0 Å². The van der Waals surface area contributed by atoms with Crippen molar-refractivity contribution in [3.05, 3.63) is 59.2 Å². The van der Waals surface area contributed by atoms with Crippen molar-refractivity contribution in [2.24, 2.45) is 0 Å². The third kappa shape index (κ3) is 4.24. The Balaban J connectivity index is 1.90. The van der Waals surface area contributed by atoms with Gasteiger partial charge in [0.25, 0.3) is 0 Å². The van der Waals surface area contributed by atoms with E-state index in [9.17, 15) is 25.5 Å². The molecule has 5 atom stereocenters. The first-order valence-corrected chi connectivity index (χ1v) is 9.67. The zero-order valence-electron chi connectivity index (χ0n) is 16.5. The van der Waals surface area contributed by atoms with Gasteiger partial charge in [-0.15, -0.1) is 0 Å². The molecule has 0 bridgehead atoms. The lowest BCUT2D eigenvalue weighted by molar-refractivity contribution is -0.273.